The minimum Gasteiger partial charge on any atom is -0.465 e. The van der Waals surface area contributed by atoms with Crippen molar-refractivity contribution in [2.75, 3.05) is 79.2 Å². The molecule has 156 valence electrons. The molecule has 0 aliphatic heterocycles. The van der Waals surface area contributed by atoms with E-state index in [1.807, 2.05) is 0 Å². The van der Waals surface area contributed by atoms with Crippen LogP contribution in [0.25, 0.3) is 0 Å². The molecule has 0 aromatic rings. The third-order valence-electron chi connectivity index (χ3n) is 2.26. The molecule has 0 aliphatic carbocycles. The Morgan fingerprint density at radius 2 is 0.885 bits per heavy atom. The van der Waals surface area contributed by atoms with E-state index in [0.29, 0.717) is 39.6 Å². The molecule has 0 atom stereocenters. The Kier molecular flexibility index (Phi) is 23.8. The molecule has 26 heavy (non-hydrogen) atoms. The van der Waals surface area contributed by atoms with Crippen molar-refractivity contribution in [3.05, 3.63) is 0 Å². The summed E-state index contributed by atoms with van der Waals surface area (Å²) in [7, 11) is 0. The van der Waals surface area contributed by atoms with Crippen LogP contribution in [0.3, 0.4) is 0 Å². The molecule has 12 heteroatoms. The highest BCUT2D eigenvalue weighted by Gasteiger charge is 1.95. The van der Waals surface area contributed by atoms with Crippen molar-refractivity contribution in [3.8, 4) is 0 Å². The highest BCUT2D eigenvalue weighted by atomic mass is 16.5. The number of hydrogen-bond donors (Lipinski definition) is 6. The Balaban J connectivity index is 0. The molecule has 0 saturated heterocycles. The van der Waals surface area contributed by atoms with Crippen LogP contribution in [0.2, 0.25) is 0 Å². The number of aliphatic hydroxyl groups excluding tert-OH is 2. The Labute approximate surface area is 152 Å². The Morgan fingerprint density at radius 1 is 0.577 bits per heavy atom. The number of aliphatic hydroxyl groups is 2. The molecule has 0 aromatic carbocycles. The Hall–Kier alpha value is -1.70. The molecular weight excluding hydrogens is 356 g/mol. The predicted molar refractivity (Wildman–Crippen MR) is 89.5 cm³/mol. The molecule has 0 bridgehead atoms. The first kappa shape index (κ1) is 26.5. The Bertz CT molecular complexity index is 292. The first-order valence-corrected chi connectivity index (χ1v) is 8.00. The highest BCUT2D eigenvalue weighted by molar-refractivity contribution is 5.64. The lowest BCUT2D eigenvalue weighted by Crippen LogP contribution is -2.28. The maximum absolute atomic E-state index is 9.92. The number of carboxylic acid groups (broad SMARTS) is 2. The zero-order valence-corrected chi connectivity index (χ0v) is 14.7. The van der Waals surface area contributed by atoms with Crippen LogP contribution in [-0.2, 0) is 18.9 Å². The van der Waals surface area contributed by atoms with Crippen LogP contribution < -0.4 is 10.6 Å². The molecule has 0 saturated carbocycles. The van der Waals surface area contributed by atoms with Gasteiger partial charge in [0.1, 0.15) is 0 Å². The van der Waals surface area contributed by atoms with Crippen LogP contribution in [0.1, 0.15) is 0 Å². The van der Waals surface area contributed by atoms with Gasteiger partial charge in [-0.25, -0.2) is 9.59 Å². The van der Waals surface area contributed by atoms with E-state index in [-0.39, 0.29) is 39.5 Å². The quantitative estimate of drug-likeness (QED) is 0.172. The summed E-state index contributed by atoms with van der Waals surface area (Å²) in [6, 6.07) is 0. The second-order valence-corrected chi connectivity index (χ2v) is 4.36. The van der Waals surface area contributed by atoms with E-state index in [2.05, 4.69) is 10.6 Å². The lowest BCUT2D eigenvalue weighted by atomic mass is 10.6. The molecule has 0 heterocycles. The van der Waals surface area contributed by atoms with Gasteiger partial charge in [-0.2, -0.15) is 0 Å². The predicted octanol–water partition coefficient (Wildman–Crippen LogP) is -1.44. The molecule has 0 radical (unpaired) electrons. The summed E-state index contributed by atoms with van der Waals surface area (Å²) in [5.74, 6) is 0. The zero-order chi connectivity index (χ0) is 19.9. The van der Waals surface area contributed by atoms with E-state index >= 15 is 0 Å². The maximum Gasteiger partial charge on any atom is 0.404 e. The van der Waals surface area contributed by atoms with Crippen LogP contribution in [0.15, 0.2) is 0 Å². The number of rotatable bonds is 16. The van der Waals surface area contributed by atoms with E-state index in [1.165, 1.54) is 0 Å². The lowest BCUT2D eigenvalue weighted by Gasteiger charge is -2.04. The summed E-state index contributed by atoms with van der Waals surface area (Å²) >= 11 is 0. The van der Waals surface area contributed by atoms with E-state index in [1.54, 1.807) is 0 Å². The highest BCUT2D eigenvalue weighted by Crippen LogP contribution is 1.80. The van der Waals surface area contributed by atoms with Gasteiger partial charge in [0, 0.05) is 13.1 Å². The van der Waals surface area contributed by atoms with Gasteiger partial charge in [-0.05, 0) is 0 Å². The van der Waals surface area contributed by atoms with Gasteiger partial charge in [0.15, 0.2) is 0 Å². The van der Waals surface area contributed by atoms with Crippen LogP contribution in [0.4, 0.5) is 9.59 Å². The SMILES string of the molecule is O=C(O)NCCOCCNC(=O)O.OCCOCCOCCOCCO. The van der Waals surface area contributed by atoms with Gasteiger partial charge in [-0.3, -0.25) is 0 Å². The van der Waals surface area contributed by atoms with Crippen molar-refractivity contribution in [2.45, 2.75) is 0 Å². The minimum absolute atomic E-state index is 0.0413. The summed E-state index contributed by atoms with van der Waals surface area (Å²) in [6.07, 6.45) is -2.21. The minimum atomic E-state index is -1.10. The number of ether oxygens (including phenoxy) is 4. The smallest absolute Gasteiger partial charge is 0.404 e. The van der Waals surface area contributed by atoms with Crippen LogP contribution in [-0.4, -0.2) is 112 Å². The summed E-state index contributed by atoms with van der Waals surface area (Å²) < 4.78 is 19.9. The molecule has 6 N–H and O–H groups in total. The molecule has 0 aromatic heterocycles. The van der Waals surface area contributed by atoms with E-state index in [9.17, 15) is 9.59 Å². The lowest BCUT2D eigenvalue weighted by molar-refractivity contribution is 0.00230. The maximum atomic E-state index is 9.92. The second kappa shape index (κ2) is 23.3. The van der Waals surface area contributed by atoms with E-state index < -0.39 is 12.2 Å². The Morgan fingerprint density at radius 3 is 1.19 bits per heavy atom. The molecule has 0 fully saturated rings. The van der Waals surface area contributed by atoms with Crippen LogP contribution in [0.5, 0.6) is 0 Å². The third kappa shape index (κ3) is 30.2. The normalized spacial score (nSPS) is 9.92. The first-order chi connectivity index (χ1) is 12.5. The number of nitrogens with one attached hydrogen (secondary N) is 2. The van der Waals surface area contributed by atoms with E-state index in [0.717, 1.165) is 0 Å². The molecule has 0 spiro atoms. The third-order valence-corrected chi connectivity index (χ3v) is 2.26. The molecular formula is C14H30N2O10. The van der Waals surface area contributed by atoms with Gasteiger partial charge in [-0.15, -0.1) is 0 Å². The number of carbonyl (C=O) groups is 2. The van der Waals surface area contributed by atoms with Crippen molar-refractivity contribution in [3.63, 3.8) is 0 Å². The standard InChI is InChI=1S/C8H18O5.C6H12N2O5/c9-1-3-11-5-7-13-8-6-12-4-2-10;9-5(10)7-1-3-13-4-2-8-6(11)12/h9-10H,1-8H2;7-8H,1-4H2,(H,9,10)(H,11,12). The fourth-order valence-corrected chi connectivity index (χ4v) is 1.23. The summed E-state index contributed by atoms with van der Waals surface area (Å²) in [5.41, 5.74) is 0. The monoisotopic (exact) mass is 386 g/mol. The number of hydrogen-bond acceptors (Lipinski definition) is 8. The van der Waals surface area contributed by atoms with Gasteiger partial charge >= 0.3 is 12.2 Å². The van der Waals surface area contributed by atoms with Crippen molar-refractivity contribution in [1.29, 1.82) is 0 Å². The molecule has 0 aliphatic rings. The summed E-state index contributed by atoms with van der Waals surface area (Å²) in [5, 5.41) is 37.2. The van der Waals surface area contributed by atoms with Gasteiger partial charge in [0.05, 0.1) is 66.1 Å². The van der Waals surface area contributed by atoms with Crippen molar-refractivity contribution >= 4 is 12.2 Å². The molecule has 2 amide bonds. The fourth-order valence-electron chi connectivity index (χ4n) is 1.23. The first-order valence-electron chi connectivity index (χ1n) is 8.00. The van der Waals surface area contributed by atoms with Gasteiger partial charge < -0.3 is 50.0 Å². The van der Waals surface area contributed by atoms with Crippen molar-refractivity contribution < 1.29 is 49.0 Å². The molecule has 0 rings (SSSR count). The molecule has 12 nitrogen and oxygen atoms in total. The van der Waals surface area contributed by atoms with Gasteiger partial charge in [0.2, 0.25) is 0 Å². The topological polar surface area (TPSA) is 176 Å². The average Bonchev–Trinajstić information content (AvgIpc) is 2.59. The summed E-state index contributed by atoms with van der Waals surface area (Å²) in [6.45, 7) is 3.62. The van der Waals surface area contributed by atoms with Crippen LogP contribution in [0, 0.1) is 0 Å². The zero-order valence-electron chi connectivity index (χ0n) is 14.7. The van der Waals surface area contributed by atoms with Crippen molar-refractivity contribution in [2.24, 2.45) is 0 Å². The average molecular weight is 386 g/mol. The molecule has 0 unspecified atom stereocenters. The number of amides is 2. The van der Waals surface area contributed by atoms with Crippen LogP contribution >= 0.6 is 0 Å². The second-order valence-electron chi connectivity index (χ2n) is 4.36. The van der Waals surface area contributed by atoms with Gasteiger partial charge in [0.25, 0.3) is 0 Å². The van der Waals surface area contributed by atoms with Crippen molar-refractivity contribution in [1.82, 2.24) is 10.6 Å². The van der Waals surface area contributed by atoms with E-state index in [4.69, 9.17) is 39.4 Å². The largest absolute Gasteiger partial charge is 0.465 e. The fraction of sp³-hybridized carbons (Fsp3) is 0.857. The van der Waals surface area contributed by atoms with Gasteiger partial charge in [-0.1, -0.05) is 0 Å². The summed E-state index contributed by atoms with van der Waals surface area (Å²) in [4.78, 5) is 19.8.